The Bertz CT molecular complexity index is 1270. The van der Waals surface area contributed by atoms with E-state index in [0.29, 0.717) is 5.52 Å². The second kappa shape index (κ2) is 10.5. The highest BCUT2D eigenvalue weighted by Crippen LogP contribution is 2.45. The Labute approximate surface area is 199 Å². The van der Waals surface area contributed by atoms with E-state index in [1.54, 1.807) is 37.3 Å². The first-order valence-electron chi connectivity index (χ1n) is 10.6. The number of imidazole rings is 1. The molecule has 0 saturated carbocycles. The van der Waals surface area contributed by atoms with Gasteiger partial charge in [0, 0.05) is 6.08 Å². The van der Waals surface area contributed by atoms with E-state index in [-0.39, 0.29) is 23.8 Å². The number of nitrogens with one attached hydrogen (secondary N) is 1. The smallest absolute Gasteiger partial charge is 0.342 e. The minimum Gasteiger partial charge on any atom is -0.465 e. The average Bonchev–Trinajstić information content (AvgIpc) is 3.42. The maximum Gasteiger partial charge on any atom is 0.342 e. The van der Waals surface area contributed by atoms with Crippen LogP contribution in [0.3, 0.4) is 0 Å². The number of nitrogens with two attached hydrogens (primary N) is 1. The lowest BCUT2D eigenvalue weighted by Gasteiger charge is -2.24. The summed E-state index contributed by atoms with van der Waals surface area (Å²) in [5.74, 6) is -0.847. The summed E-state index contributed by atoms with van der Waals surface area (Å²) in [5, 5.41) is 2.65. The molecule has 0 amide bonds. The predicted octanol–water partition coefficient (Wildman–Crippen LogP) is 2.90. The summed E-state index contributed by atoms with van der Waals surface area (Å²) in [7, 11) is -3.83. The number of benzene rings is 1. The number of fused-ring (bicyclic) bond motifs is 1. The second-order valence-electron chi connectivity index (χ2n) is 7.47. The highest BCUT2D eigenvalue weighted by molar-refractivity contribution is 7.57. The van der Waals surface area contributed by atoms with Crippen molar-refractivity contribution in [3.63, 3.8) is 0 Å². The van der Waals surface area contributed by atoms with Gasteiger partial charge in [-0.2, -0.15) is 0 Å². The van der Waals surface area contributed by atoms with Crippen LogP contribution in [0.1, 0.15) is 20.1 Å². The Hall–Kier alpha value is -3.38. The molecule has 0 fully saturated rings. The van der Waals surface area contributed by atoms with Crippen molar-refractivity contribution in [1.82, 2.24) is 24.6 Å². The summed E-state index contributed by atoms with van der Waals surface area (Å²) < 4.78 is 51.5. The molecule has 35 heavy (non-hydrogen) atoms. The summed E-state index contributed by atoms with van der Waals surface area (Å²) in [6.07, 6.45) is 0.676. The van der Waals surface area contributed by atoms with Crippen LogP contribution in [-0.2, 0) is 23.6 Å². The van der Waals surface area contributed by atoms with Gasteiger partial charge in [0.25, 0.3) is 0 Å². The number of para-hydroxylation sites is 1. The molecule has 1 aliphatic heterocycles. The van der Waals surface area contributed by atoms with Crippen LogP contribution in [0, 0.1) is 0 Å². The van der Waals surface area contributed by atoms with Gasteiger partial charge in [0.1, 0.15) is 23.6 Å². The van der Waals surface area contributed by atoms with Gasteiger partial charge in [-0.3, -0.25) is 13.9 Å². The van der Waals surface area contributed by atoms with E-state index < -0.39 is 44.2 Å². The summed E-state index contributed by atoms with van der Waals surface area (Å²) in [5.41, 5.74) is 6.35. The molecule has 0 aliphatic carbocycles. The minimum absolute atomic E-state index is 0.143. The van der Waals surface area contributed by atoms with Gasteiger partial charge in [-0.1, -0.05) is 18.2 Å². The monoisotopic (exact) mass is 506 g/mol. The highest BCUT2D eigenvalue weighted by Gasteiger charge is 2.36. The van der Waals surface area contributed by atoms with Crippen LogP contribution in [0.4, 0.5) is 10.2 Å². The third kappa shape index (κ3) is 5.65. The van der Waals surface area contributed by atoms with Gasteiger partial charge < -0.3 is 24.5 Å². The van der Waals surface area contributed by atoms with Crippen molar-refractivity contribution < 1.29 is 32.5 Å². The van der Waals surface area contributed by atoms with Crippen molar-refractivity contribution >= 4 is 30.5 Å². The molecule has 0 bridgehead atoms. The maximum absolute atomic E-state index is 14.8. The number of aromatic nitrogens is 4. The number of esters is 1. The first-order valence-corrected chi connectivity index (χ1v) is 12.5. The number of nitrogens with zero attached hydrogens (tertiary/aromatic N) is 4. The number of carbonyl (C=O) groups excluding carboxylic acids is 1. The molecular weight excluding hydrogens is 482 g/mol. The third-order valence-electron chi connectivity index (χ3n) is 4.87. The Kier molecular flexibility index (Phi) is 7.41. The molecule has 0 saturated heterocycles. The van der Waals surface area contributed by atoms with E-state index >= 15 is 0 Å². The number of hydrogen-bond donors (Lipinski definition) is 2. The van der Waals surface area contributed by atoms with Gasteiger partial charge >= 0.3 is 13.5 Å². The molecule has 2 unspecified atom stereocenters. The third-order valence-corrected chi connectivity index (χ3v) is 6.64. The van der Waals surface area contributed by atoms with Gasteiger partial charge in [-0.05, 0) is 26.0 Å². The Morgan fingerprint density at radius 3 is 2.83 bits per heavy atom. The first-order chi connectivity index (χ1) is 16.8. The molecular formula is C21H24FN6O6P. The van der Waals surface area contributed by atoms with Gasteiger partial charge in [0.15, 0.2) is 36.2 Å². The van der Waals surface area contributed by atoms with Crippen molar-refractivity contribution in [2.24, 2.45) is 0 Å². The highest BCUT2D eigenvalue weighted by atomic mass is 31.2. The van der Waals surface area contributed by atoms with Crippen LogP contribution in [0.2, 0.25) is 0 Å². The lowest BCUT2D eigenvalue weighted by molar-refractivity contribution is -0.144. The van der Waals surface area contributed by atoms with Gasteiger partial charge in [-0.25, -0.2) is 24.4 Å². The molecule has 1 aromatic carbocycles. The number of hydrogen-bond acceptors (Lipinski definition) is 10. The minimum atomic E-state index is -3.83. The lowest BCUT2D eigenvalue weighted by atomic mass is 10.3. The van der Waals surface area contributed by atoms with Crippen LogP contribution in [-0.4, -0.2) is 50.8 Å². The van der Waals surface area contributed by atoms with Gasteiger partial charge in [-0.15, -0.1) is 0 Å². The van der Waals surface area contributed by atoms with Crippen molar-refractivity contribution in [3.8, 4) is 5.75 Å². The first kappa shape index (κ1) is 24.7. The van der Waals surface area contributed by atoms with Crippen LogP contribution in [0.5, 0.6) is 5.75 Å². The van der Waals surface area contributed by atoms with Crippen molar-refractivity contribution in [1.29, 1.82) is 0 Å². The van der Waals surface area contributed by atoms with Gasteiger partial charge in [0.2, 0.25) is 0 Å². The van der Waals surface area contributed by atoms with Crippen LogP contribution in [0.15, 0.2) is 54.9 Å². The fourth-order valence-corrected chi connectivity index (χ4v) is 4.98. The zero-order valence-electron chi connectivity index (χ0n) is 18.9. The molecule has 12 nitrogen and oxygen atoms in total. The fraction of sp³-hybridized carbons (Fsp3) is 0.333. The van der Waals surface area contributed by atoms with E-state index in [2.05, 4.69) is 20.0 Å². The quantitative estimate of drug-likeness (QED) is 0.308. The van der Waals surface area contributed by atoms with Crippen molar-refractivity contribution in [2.75, 3.05) is 18.7 Å². The molecule has 14 heteroatoms. The second-order valence-corrected chi connectivity index (χ2v) is 9.51. The Morgan fingerprint density at radius 1 is 1.31 bits per heavy atom. The normalized spacial score (nSPS) is 20.3. The van der Waals surface area contributed by atoms with Crippen LogP contribution in [0.25, 0.3) is 11.2 Å². The van der Waals surface area contributed by atoms with E-state index in [4.69, 9.17) is 24.5 Å². The largest absolute Gasteiger partial charge is 0.465 e. The van der Waals surface area contributed by atoms with E-state index in [1.165, 1.54) is 24.1 Å². The number of ether oxygens (including phenoxy) is 3. The molecule has 3 N–H and O–H groups in total. The summed E-state index contributed by atoms with van der Waals surface area (Å²) >= 11 is 0. The molecule has 3 aromatic rings. The lowest BCUT2D eigenvalue weighted by Crippen LogP contribution is -2.36. The summed E-state index contributed by atoms with van der Waals surface area (Å²) in [6.45, 7) is 3.30. The topological polar surface area (TPSA) is 153 Å². The maximum atomic E-state index is 14.8. The zero-order chi connectivity index (χ0) is 25.0. The van der Waals surface area contributed by atoms with E-state index in [0.717, 1.165) is 6.08 Å². The number of halogens is 1. The average molecular weight is 506 g/mol. The van der Waals surface area contributed by atoms with Crippen LogP contribution < -0.4 is 15.3 Å². The number of nitrogen functional groups attached to an aromatic ring is 1. The Balaban J connectivity index is 1.47. The van der Waals surface area contributed by atoms with Crippen LogP contribution >= 0.6 is 7.52 Å². The summed E-state index contributed by atoms with van der Waals surface area (Å²) in [6, 6.07) is 7.40. The van der Waals surface area contributed by atoms with Gasteiger partial charge in [0.05, 0.1) is 12.9 Å². The zero-order valence-corrected chi connectivity index (χ0v) is 19.8. The van der Waals surface area contributed by atoms with Crippen molar-refractivity contribution in [3.05, 3.63) is 54.9 Å². The molecule has 4 rings (SSSR count). The van der Waals surface area contributed by atoms with E-state index in [9.17, 15) is 13.8 Å². The molecule has 4 atom stereocenters. The standard InChI is InChI=1S/C21H24FN6O6P/c1-3-31-21(29)13(2)27-35(30,34-14-7-5-4-6-8-14)12-32-16-9-15(22)20(33-16)28-11-26-17-18(23)24-10-25-19(17)28/h4-11,13,16,20H,3,12H2,1-2H3,(H,27,30)(H2,23,24,25)/t13?,16-,20+,35?/m0/s1. The number of anilines is 1. The predicted molar refractivity (Wildman–Crippen MR) is 123 cm³/mol. The molecule has 0 spiro atoms. The molecule has 1 aliphatic rings. The Morgan fingerprint density at radius 2 is 2.09 bits per heavy atom. The fourth-order valence-electron chi connectivity index (χ4n) is 3.30. The molecule has 3 heterocycles. The summed E-state index contributed by atoms with van der Waals surface area (Å²) in [4.78, 5) is 24.1. The molecule has 186 valence electrons. The van der Waals surface area contributed by atoms with Crippen molar-refractivity contribution in [2.45, 2.75) is 32.4 Å². The SMILES string of the molecule is CCOC(=O)C(C)NP(=O)(CO[C@@H]1C=C(F)[C@H](n2cnc3c(N)ncnc32)O1)Oc1ccccc1. The molecule has 0 radical (unpaired) electrons. The molecule has 2 aromatic heterocycles. The number of rotatable bonds is 10. The number of carbonyl (C=O) groups is 1. The van der Waals surface area contributed by atoms with E-state index in [1.807, 2.05) is 0 Å².